The number of halogens is 5. The van der Waals surface area contributed by atoms with Crippen molar-refractivity contribution in [3.8, 4) is 5.75 Å². The molecule has 0 radical (unpaired) electrons. The van der Waals surface area contributed by atoms with E-state index >= 15 is 0 Å². The number of sulfonamides is 1. The number of aromatic hydroxyl groups is 1. The molecule has 0 spiro atoms. The predicted molar refractivity (Wildman–Crippen MR) is 423 cm³/mol. The van der Waals surface area contributed by atoms with Gasteiger partial charge >= 0.3 is 24.1 Å². The van der Waals surface area contributed by atoms with Crippen LogP contribution >= 0.6 is 45.2 Å². The third kappa shape index (κ3) is 26.9. The molecule has 5 saturated carbocycles. The van der Waals surface area contributed by atoms with Crippen LogP contribution in [0.5, 0.6) is 5.75 Å². The molecule has 16 nitrogen and oxygen atoms in total. The van der Waals surface area contributed by atoms with Crippen molar-refractivity contribution in [1.29, 1.82) is 0 Å². The van der Waals surface area contributed by atoms with E-state index in [1.165, 1.54) is 38.7 Å². The molecule has 0 aliphatic heterocycles. The number of nitrogens with one attached hydrogen (secondary N) is 1. The Bertz CT molecular complexity index is 3990. The summed E-state index contributed by atoms with van der Waals surface area (Å²) in [6.07, 6.45) is 9.24. The van der Waals surface area contributed by atoms with Gasteiger partial charge in [-0.1, -0.05) is 129 Å². The van der Waals surface area contributed by atoms with Crippen LogP contribution in [0.4, 0.5) is 13.2 Å². The van der Waals surface area contributed by atoms with Crippen molar-refractivity contribution >= 4 is 100 Å². The number of esters is 3. The van der Waals surface area contributed by atoms with E-state index in [0.29, 0.717) is 50.6 Å². The highest BCUT2D eigenvalue weighted by atomic mass is 127. The number of phenols is 1. The molecule has 0 saturated heterocycles. The molecule has 5 aliphatic carbocycles. The second kappa shape index (κ2) is 37.2. The number of carbonyl (C=O) groups excluding carboxylic acids is 3. The summed E-state index contributed by atoms with van der Waals surface area (Å²) in [6.45, 7) is 33.3. The number of hydrogen-bond donors (Lipinski definition) is 2. The maximum atomic E-state index is 13.3. The highest BCUT2D eigenvalue weighted by molar-refractivity contribution is 14.1. The normalized spacial score (nSPS) is 19.6. The van der Waals surface area contributed by atoms with Crippen LogP contribution in [-0.2, 0) is 76.0 Å². The number of ether oxygens (including phenoxy) is 3. The number of benzene rings is 5. The Kier molecular flexibility index (Phi) is 31.9. The van der Waals surface area contributed by atoms with E-state index in [1.54, 1.807) is 38.1 Å². The molecular weight excluding hydrogens is 1630 g/mol. The lowest BCUT2D eigenvalue weighted by molar-refractivity contribution is -0.757. The van der Waals surface area contributed by atoms with E-state index in [2.05, 4.69) is 185 Å². The van der Waals surface area contributed by atoms with E-state index in [-0.39, 0.29) is 62.5 Å². The van der Waals surface area contributed by atoms with Gasteiger partial charge in [-0.05, 0) is 272 Å². The zero-order valence-electron chi connectivity index (χ0n) is 64.1. The number of phenolic OH excluding ortho intramolecular Hbond substituents is 1. The smallest absolute Gasteiger partial charge is 0.426 e. The molecule has 105 heavy (non-hydrogen) atoms. The fraction of sp³-hybridized carbons (Fsp3) is 0.543. The first-order valence-electron chi connectivity index (χ1n) is 35.9. The van der Waals surface area contributed by atoms with Crippen molar-refractivity contribution in [1.82, 2.24) is 4.98 Å². The Morgan fingerprint density at radius 3 is 1.58 bits per heavy atom. The van der Waals surface area contributed by atoms with E-state index in [9.17, 15) is 59.2 Å². The van der Waals surface area contributed by atoms with Crippen molar-refractivity contribution in [3.63, 3.8) is 0 Å². The summed E-state index contributed by atoms with van der Waals surface area (Å²) in [7, 11) is -8.96. The van der Waals surface area contributed by atoms with Gasteiger partial charge in [0.25, 0.3) is 0 Å². The second-order valence-corrected chi connectivity index (χ2v) is 39.3. The van der Waals surface area contributed by atoms with E-state index < -0.39 is 72.4 Å². The zero-order valence-corrected chi connectivity index (χ0v) is 70.8. The summed E-state index contributed by atoms with van der Waals surface area (Å²) in [5.41, 5.74) is 0.0627. The molecule has 580 valence electrons. The van der Waals surface area contributed by atoms with Crippen molar-refractivity contribution in [2.45, 2.75) is 255 Å². The highest BCUT2D eigenvalue weighted by Crippen LogP contribution is 2.64. The molecule has 5 aromatic carbocycles. The first-order chi connectivity index (χ1) is 48.5. The third-order valence-electron chi connectivity index (χ3n) is 20.6. The lowest BCUT2D eigenvalue weighted by atomic mass is 9.48. The highest BCUT2D eigenvalue weighted by Gasteiger charge is 2.64. The van der Waals surface area contributed by atoms with Crippen LogP contribution in [0.25, 0.3) is 0 Å². The van der Waals surface area contributed by atoms with Gasteiger partial charge in [-0.25, -0.2) is 21.4 Å². The first-order valence-corrected chi connectivity index (χ1v) is 42.7. The van der Waals surface area contributed by atoms with Gasteiger partial charge in [-0.3, -0.25) is 19.4 Å². The Hall–Kier alpha value is -5.55. The Morgan fingerprint density at radius 1 is 0.676 bits per heavy atom. The monoisotopic (exact) mass is 1740 g/mol. The summed E-state index contributed by atoms with van der Waals surface area (Å²) in [4.78, 5) is 44.7. The van der Waals surface area contributed by atoms with Gasteiger partial charge in [-0.2, -0.15) is 17.6 Å². The van der Waals surface area contributed by atoms with E-state index in [4.69, 9.17) is 9.47 Å². The quantitative estimate of drug-likeness (QED) is 0.0112. The predicted octanol–water partition coefficient (Wildman–Crippen LogP) is 18.2. The molecule has 1 heterocycles. The molecule has 3 unspecified atom stereocenters. The molecular formula is C81H110F3I2N3O13S3. The van der Waals surface area contributed by atoms with Gasteiger partial charge in [0, 0.05) is 25.0 Å². The number of nitrogens with zero attached hydrogens (tertiary/aromatic N) is 2. The molecule has 1 aromatic heterocycles. The Labute approximate surface area is 653 Å². The number of imidazole rings is 1. The summed E-state index contributed by atoms with van der Waals surface area (Å²) in [6, 6.07) is 43.5. The van der Waals surface area contributed by atoms with Crippen molar-refractivity contribution < 1.29 is 77.9 Å². The van der Waals surface area contributed by atoms with Gasteiger partial charge in [-0.15, -0.1) is 0 Å². The van der Waals surface area contributed by atoms with Gasteiger partial charge in [0.2, 0.25) is 22.5 Å². The largest absolute Gasteiger partial charge is 0.858 e. The van der Waals surface area contributed by atoms with Crippen LogP contribution in [-0.4, -0.2) is 90.8 Å². The summed E-state index contributed by atoms with van der Waals surface area (Å²) < 4.78 is 117. The van der Waals surface area contributed by atoms with E-state index in [0.717, 1.165) is 44.8 Å². The maximum Gasteiger partial charge on any atom is 0.426 e. The van der Waals surface area contributed by atoms with Gasteiger partial charge in [0.15, 0.2) is 14.7 Å². The van der Waals surface area contributed by atoms with Crippen molar-refractivity contribution in [3.05, 3.63) is 170 Å². The molecule has 6 aromatic rings. The fourth-order valence-electron chi connectivity index (χ4n) is 12.9. The molecule has 5 aliphatic rings. The molecule has 0 amide bonds. The molecule has 3 atom stereocenters. The average Bonchev–Trinajstić information content (AvgIpc) is 0.985. The molecule has 11 rings (SSSR count). The number of hydrogen-bond acceptors (Lipinski definition) is 13. The average molecular weight is 1740 g/mol. The van der Waals surface area contributed by atoms with Crippen molar-refractivity contribution in [2.75, 3.05) is 12.0 Å². The van der Waals surface area contributed by atoms with E-state index in [1.807, 2.05) is 97.5 Å². The molecule has 24 heteroatoms. The minimum absolute atomic E-state index is 0.00100. The Morgan fingerprint density at radius 2 is 1.16 bits per heavy atom. The van der Waals surface area contributed by atoms with Gasteiger partial charge in [0.05, 0.1) is 49.3 Å². The number of aromatic nitrogens is 2. The number of carbonyl (C=O) groups is 3. The number of alkyl halides is 3. The van der Waals surface area contributed by atoms with Crippen LogP contribution in [0.3, 0.4) is 0 Å². The number of rotatable bonds is 19. The molecule has 4 bridgehead atoms. The Balaban J connectivity index is 0.000000237. The lowest BCUT2D eigenvalue weighted by Gasteiger charge is -2.60. The van der Waals surface area contributed by atoms with Crippen molar-refractivity contribution in [2.24, 2.45) is 32.5 Å². The fourth-order valence-corrected chi connectivity index (χ4v) is 18.0. The molecule has 5 fully saturated rings. The zero-order chi connectivity index (χ0) is 79.0. The van der Waals surface area contributed by atoms with Crippen LogP contribution < -0.4 is 9.67 Å². The topological polar surface area (TPSA) is 246 Å². The van der Waals surface area contributed by atoms with Crippen LogP contribution in [0.2, 0.25) is 0 Å². The maximum absolute atomic E-state index is 13.3. The summed E-state index contributed by atoms with van der Waals surface area (Å²) in [5.74, 6) is -3.84. The standard InChI is InChI=1S/C22H23S.C20H29F3O7S.C12H22O2.C11H16O.C8H7I2NO3S.C8H14N2/c1-22(2,3)18-14-16-21(17-15-18)23(19-10-6-4-7-11-19)20-12-8-5-9-13-20;1-4-17(2,3)15(24)30-19-8-12-5-13(9-19)7-18(6-12,11-19)16(25)29-14(20(21,22)23)10-31(26,27)28;1-5-11(2,3)10(13)14-12(4)8-6-7-9-12;1-4-11(2,3)9-6-5-7-10(12)8-9;1-15(13,14)11-8(12)7-5(9)3-2-4-6(7)10;1-4-8(2,3)10-6-5-9-7-10/h4-17H,1-3H3;12-14H,4-11H2,1-3H3,(H,26,27,28);5-9H2,1-4H3;5-8,12H,4H2,1-3H3;2-4H,1H3,(H,11,12);5-7H,4H2,1-3H3/q+1;;;;;/p-1. The summed E-state index contributed by atoms with van der Waals surface area (Å²) >= 11 is 3.94. The van der Waals surface area contributed by atoms with Gasteiger partial charge < -0.3 is 29.0 Å². The van der Waals surface area contributed by atoms with Crippen LogP contribution in [0.15, 0.2) is 165 Å². The third-order valence-corrected chi connectivity index (χ3v) is 25.8. The lowest BCUT2D eigenvalue weighted by Crippen LogP contribution is -2.61. The minimum atomic E-state index is -5.27. The molecule has 2 N–H and O–H groups in total. The summed E-state index contributed by atoms with van der Waals surface area (Å²) in [5, 5.41) is 20.8. The minimum Gasteiger partial charge on any atom is -0.858 e. The number of H-pyrrole nitrogens is 1. The van der Waals surface area contributed by atoms with Crippen LogP contribution in [0.1, 0.15) is 217 Å². The number of aromatic amines is 1. The first kappa shape index (κ1) is 90.1. The SMILES string of the molecule is CC(C)(C)c1ccc([S+](c2ccccc2)c2ccccc2)cc1.CCC(C)(C)C(=O)OC1(C)CCCC1.CCC(C)(C)C(=O)OC12CC3CC(C1)CC(C(=O)OC(CS(=O)(=O)[O-])C(F)(F)F)(C3)C2.CCC(C)(C)[n+]1cc[nH]c1.CCC(C)(C)c1cccc(O)c1.CS(=O)(=O)N=C([O-])c1c(I)cccc1I. The van der Waals surface area contributed by atoms with Crippen LogP contribution in [0, 0.1) is 35.2 Å². The second-order valence-electron chi connectivity index (χ2n) is 31.9. The van der Waals surface area contributed by atoms with Gasteiger partial charge in [0.1, 0.15) is 34.9 Å².